The summed E-state index contributed by atoms with van der Waals surface area (Å²) in [7, 11) is 1.75. The molecular weight excluding hydrogens is 208 g/mol. The number of benzene rings is 2. The molecule has 0 N–H and O–H groups in total. The number of rotatable bonds is 3. The third-order valence-corrected chi connectivity index (χ3v) is 3.17. The largest absolute Gasteiger partial charge is 0.374 e. The predicted octanol–water partition coefficient (Wildman–Crippen LogP) is 4.24. The van der Waals surface area contributed by atoms with E-state index in [1.165, 1.54) is 16.7 Å². The molecule has 0 fully saturated rings. The van der Waals surface area contributed by atoms with Crippen molar-refractivity contribution in [2.24, 2.45) is 0 Å². The molecule has 0 unspecified atom stereocenters. The zero-order valence-electron chi connectivity index (χ0n) is 10.6. The summed E-state index contributed by atoms with van der Waals surface area (Å²) in [6.45, 7) is 4.18. The molecule has 0 radical (unpaired) electrons. The zero-order chi connectivity index (χ0) is 12.3. The summed E-state index contributed by atoms with van der Waals surface area (Å²) in [5.41, 5.74) is 3.41. The van der Waals surface area contributed by atoms with Crippen LogP contribution in [0, 0.1) is 0 Å². The molecule has 2 aromatic carbocycles. The average molecular weight is 226 g/mol. The molecule has 0 atom stereocenters. The van der Waals surface area contributed by atoms with E-state index >= 15 is 0 Å². The minimum absolute atomic E-state index is 0.271. The van der Waals surface area contributed by atoms with Gasteiger partial charge in [-0.15, -0.1) is 0 Å². The van der Waals surface area contributed by atoms with E-state index in [0.29, 0.717) is 0 Å². The number of hydrogen-bond acceptors (Lipinski definition) is 1. The highest BCUT2D eigenvalue weighted by Gasteiger charge is 2.22. The van der Waals surface area contributed by atoms with Gasteiger partial charge in [-0.2, -0.15) is 0 Å². The van der Waals surface area contributed by atoms with Gasteiger partial charge in [0.05, 0.1) is 5.60 Å². The summed E-state index contributed by atoms with van der Waals surface area (Å²) >= 11 is 0. The fraction of sp³-hybridized carbons (Fsp3) is 0.250. The molecule has 0 aliphatic heterocycles. The highest BCUT2D eigenvalue weighted by atomic mass is 16.5. The first-order valence-corrected chi connectivity index (χ1v) is 5.85. The summed E-state index contributed by atoms with van der Waals surface area (Å²) in [5, 5.41) is 0. The molecule has 1 nitrogen and oxygen atoms in total. The Balaban J connectivity index is 2.56. The van der Waals surface area contributed by atoms with E-state index in [1.54, 1.807) is 7.11 Å². The first kappa shape index (κ1) is 11.9. The molecule has 0 spiro atoms. The van der Waals surface area contributed by atoms with Gasteiger partial charge in [-0.25, -0.2) is 0 Å². The average Bonchev–Trinajstić information content (AvgIpc) is 2.40. The SMILES string of the molecule is COC(C)(C)c1ccccc1-c1ccccc1. The van der Waals surface area contributed by atoms with E-state index in [-0.39, 0.29) is 5.60 Å². The first-order chi connectivity index (χ1) is 8.15. The lowest BCUT2D eigenvalue weighted by Gasteiger charge is -2.26. The van der Waals surface area contributed by atoms with E-state index in [2.05, 4.69) is 62.4 Å². The summed E-state index contributed by atoms with van der Waals surface area (Å²) < 4.78 is 5.59. The van der Waals surface area contributed by atoms with E-state index in [0.717, 1.165) is 0 Å². The molecule has 0 saturated heterocycles. The van der Waals surface area contributed by atoms with Gasteiger partial charge in [0.2, 0.25) is 0 Å². The van der Waals surface area contributed by atoms with Crippen LogP contribution in [0.5, 0.6) is 0 Å². The van der Waals surface area contributed by atoms with Crippen LogP contribution in [0.15, 0.2) is 54.6 Å². The third-order valence-electron chi connectivity index (χ3n) is 3.17. The van der Waals surface area contributed by atoms with Crippen molar-refractivity contribution in [3.8, 4) is 11.1 Å². The van der Waals surface area contributed by atoms with Crippen LogP contribution in [-0.4, -0.2) is 7.11 Å². The van der Waals surface area contributed by atoms with E-state index in [4.69, 9.17) is 4.74 Å². The fourth-order valence-corrected chi connectivity index (χ4v) is 1.99. The normalized spacial score (nSPS) is 11.5. The Hall–Kier alpha value is -1.60. The van der Waals surface area contributed by atoms with E-state index < -0.39 is 0 Å². The summed E-state index contributed by atoms with van der Waals surface area (Å²) in [5.74, 6) is 0. The monoisotopic (exact) mass is 226 g/mol. The van der Waals surface area contributed by atoms with Crippen molar-refractivity contribution in [2.75, 3.05) is 7.11 Å². The second-order valence-electron chi connectivity index (χ2n) is 4.63. The lowest BCUT2D eigenvalue weighted by Crippen LogP contribution is -2.20. The number of methoxy groups -OCH3 is 1. The maximum Gasteiger partial charge on any atom is 0.0877 e. The van der Waals surface area contributed by atoms with Crippen molar-refractivity contribution < 1.29 is 4.74 Å². The second-order valence-corrected chi connectivity index (χ2v) is 4.63. The topological polar surface area (TPSA) is 9.23 Å². The van der Waals surface area contributed by atoms with Crippen LogP contribution in [0.3, 0.4) is 0 Å². The van der Waals surface area contributed by atoms with Crippen molar-refractivity contribution in [2.45, 2.75) is 19.4 Å². The van der Waals surface area contributed by atoms with Gasteiger partial charge in [-0.05, 0) is 30.5 Å². The number of ether oxygens (including phenoxy) is 1. The lowest BCUT2D eigenvalue weighted by atomic mass is 9.89. The van der Waals surface area contributed by atoms with Gasteiger partial charge in [-0.1, -0.05) is 54.6 Å². The highest BCUT2D eigenvalue weighted by molar-refractivity contribution is 5.68. The second kappa shape index (κ2) is 4.72. The highest BCUT2D eigenvalue weighted by Crippen LogP contribution is 2.33. The van der Waals surface area contributed by atoms with Crippen LogP contribution in [0.2, 0.25) is 0 Å². The maximum atomic E-state index is 5.59. The minimum Gasteiger partial charge on any atom is -0.374 e. The van der Waals surface area contributed by atoms with Gasteiger partial charge >= 0.3 is 0 Å². The molecule has 0 amide bonds. The zero-order valence-corrected chi connectivity index (χ0v) is 10.6. The van der Waals surface area contributed by atoms with Gasteiger partial charge in [0.15, 0.2) is 0 Å². The van der Waals surface area contributed by atoms with Crippen molar-refractivity contribution in [3.05, 3.63) is 60.2 Å². The Bertz CT molecular complexity index is 486. The molecule has 0 bridgehead atoms. The maximum absolute atomic E-state index is 5.59. The molecule has 0 saturated carbocycles. The molecule has 0 aliphatic rings. The van der Waals surface area contributed by atoms with Crippen LogP contribution < -0.4 is 0 Å². The first-order valence-electron chi connectivity index (χ1n) is 5.85. The lowest BCUT2D eigenvalue weighted by molar-refractivity contribution is 0.0197. The van der Waals surface area contributed by atoms with Crippen molar-refractivity contribution in [1.29, 1.82) is 0 Å². The third kappa shape index (κ3) is 2.40. The fourth-order valence-electron chi connectivity index (χ4n) is 1.99. The van der Waals surface area contributed by atoms with Crippen LogP contribution in [0.1, 0.15) is 19.4 Å². The Morgan fingerprint density at radius 3 is 2.06 bits per heavy atom. The minimum atomic E-state index is -0.271. The van der Waals surface area contributed by atoms with Crippen molar-refractivity contribution >= 4 is 0 Å². The number of hydrogen-bond donors (Lipinski definition) is 0. The molecular formula is C16H18O. The smallest absolute Gasteiger partial charge is 0.0877 e. The summed E-state index contributed by atoms with van der Waals surface area (Å²) in [6.07, 6.45) is 0. The van der Waals surface area contributed by atoms with Gasteiger partial charge in [0.1, 0.15) is 0 Å². The van der Waals surface area contributed by atoms with Crippen LogP contribution >= 0.6 is 0 Å². The molecule has 17 heavy (non-hydrogen) atoms. The molecule has 0 heterocycles. The Morgan fingerprint density at radius 1 is 0.824 bits per heavy atom. The summed E-state index contributed by atoms with van der Waals surface area (Å²) in [6, 6.07) is 18.8. The van der Waals surface area contributed by atoms with Crippen molar-refractivity contribution in [3.63, 3.8) is 0 Å². The van der Waals surface area contributed by atoms with Gasteiger partial charge in [0, 0.05) is 7.11 Å². The molecule has 2 rings (SSSR count). The Labute approximate surface area is 103 Å². The van der Waals surface area contributed by atoms with Crippen LogP contribution in [0.25, 0.3) is 11.1 Å². The van der Waals surface area contributed by atoms with Crippen LogP contribution in [-0.2, 0) is 10.3 Å². The van der Waals surface area contributed by atoms with Crippen molar-refractivity contribution in [1.82, 2.24) is 0 Å². The predicted molar refractivity (Wildman–Crippen MR) is 71.9 cm³/mol. The molecule has 2 aromatic rings. The molecule has 0 aliphatic carbocycles. The van der Waals surface area contributed by atoms with E-state index in [1.807, 2.05) is 6.07 Å². The van der Waals surface area contributed by atoms with Crippen LogP contribution in [0.4, 0.5) is 0 Å². The standard InChI is InChI=1S/C16H18O/c1-16(2,17-3)15-12-8-7-11-14(15)13-9-5-4-6-10-13/h4-12H,1-3H3. The Morgan fingerprint density at radius 2 is 1.41 bits per heavy atom. The molecule has 88 valence electrons. The quantitative estimate of drug-likeness (QED) is 0.760. The molecule has 1 heteroatoms. The Kier molecular flexibility index (Phi) is 3.30. The van der Waals surface area contributed by atoms with Gasteiger partial charge in [-0.3, -0.25) is 0 Å². The summed E-state index contributed by atoms with van der Waals surface area (Å²) in [4.78, 5) is 0. The van der Waals surface area contributed by atoms with E-state index in [9.17, 15) is 0 Å². The van der Waals surface area contributed by atoms with Gasteiger partial charge in [0.25, 0.3) is 0 Å². The van der Waals surface area contributed by atoms with Gasteiger partial charge < -0.3 is 4.74 Å². The molecule has 0 aromatic heterocycles.